The zero-order chi connectivity index (χ0) is 13.0. The first-order valence-electron chi connectivity index (χ1n) is 6.23. The van der Waals surface area contributed by atoms with Crippen molar-refractivity contribution in [3.8, 4) is 0 Å². The maximum Gasteiger partial charge on any atom is 0.254 e. The van der Waals surface area contributed by atoms with Crippen LogP contribution in [0.4, 0.5) is 4.39 Å². The molecule has 1 atom stereocenters. The largest absolute Gasteiger partial charge is 0.376 e. The van der Waals surface area contributed by atoms with Crippen LogP contribution in [-0.2, 0) is 4.74 Å². The van der Waals surface area contributed by atoms with Gasteiger partial charge in [0.1, 0.15) is 0 Å². The van der Waals surface area contributed by atoms with Gasteiger partial charge in [0.25, 0.3) is 5.91 Å². The van der Waals surface area contributed by atoms with Gasteiger partial charge in [-0.05, 0) is 25.8 Å². The van der Waals surface area contributed by atoms with Crippen molar-refractivity contribution in [3.63, 3.8) is 0 Å². The van der Waals surface area contributed by atoms with E-state index in [2.05, 4.69) is 4.98 Å². The Hall–Kier alpha value is -1.49. The molecule has 0 bridgehead atoms. The van der Waals surface area contributed by atoms with Crippen LogP contribution in [0.5, 0.6) is 0 Å². The van der Waals surface area contributed by atoms with Crippen LogP contribution < -0.4 is 0 Å². The number of rotatable bonds is 4. The van der Waals surface area contributed by atoms with E-state index in [1.807, 2.05) is 6.92 Å². The fraction of sp³-hybridized carbons (Fsp3) is 0.538. The van der Waals surface area contributed by atoms with E-state index in [9.17, 15) is 9.18 Å². The summed E-state index contributed by atoms with van der Waals surface area (Å²) in [5.41, 5.74) is 0.336. The predicted octanol–water partition coefficient (Wildman–Crippen LogP) is 1.86. The molecule has 4 nitrogen and oxygen atoms in total. The molecule has 1 aromatic rings. The van der Waals surface area contributed by atoms with Crippen LogP contribution in [0.1, 0.15) is 30.1 Å². The molecule has 1 aromatic heterocycles. The lowest BCUT2D eigenvalue weighted by atomic mass is 10.2. The van der Waals surface area contributed by atoms with Gasteiger partial charge in [0.05, 0.1) is 6.10 Å². The van der Waals surface area contributed by atoms with Crippen LogP contribution >= 0.6 is 0 Å². The molecular weight excluding hydrogens is 235 g/mol. The smallest absolute Gasteiger partial charge is 0.254 e. The Labute approximate surface area is 106 Å². The Balaban J connectivity index is 2.04. The fourth-order valence-corrected chi connectivity index (χ4v) is 2.11. The number of hydrogen-bond acceptors (Lipinski definition) is 3. The number of likely N-dealkylation sites (N-methyl/N-ethyl adjacent to an activating group) is 1. The number of halogens is 1. The van der Waals surface area contributed by atoms with E-state index in [0.29, 0.717) is 18.7 Å². The van der Waals surface area contributed by atoms with Gasteiger partial charge in [-0.15, -0.1) is 0 Å². The predicted molar refractivity (Wildman–Crippen MR) is 64.7 cm³/mol. The number of aromatic nitrogens is 1. The van der Waals surface area contributed by atoms with Crippen molar-refractivity contribution in [2.45, 2.75) is 25.9 Å². The van der Waals surface area contributed by atoms with Crippen LogP contribution in [0.2, 0.25) is 0 Å². The Morgan fingerprint density at radius 2 is 2.50 bits per heavy atom. The molecule has 1 unspecified atom stereocenters. The Morgan fingerprint density at radius 3 is 3.11 bits per heavy atom. The second kappa shape index (κ2) is 5.91. The minimum atomic E-state index is -0.631. The molecule has 1 aliphatic rings. The lowest BCUT2D eigenvalue weighted by molar-refractivity contribution is 0.0538. The van der Waals surface area contributed by atoms with Gasteiger partial charge in [-0.2, -0.15) is 4.39 Å². The third kappa shape index (κ3) is 3.04. The summed E-state index contributed by atoms with van der Waals surface area (Å²) in [7, 11) is 0. The van der Waals surface area contributed by atoms with Crippen molar-refractivity contribution in [1.29, 1.82) is 0 Å². The summed E-state index contributed by atoms with van der Waals surface area (Å²) >= 11 is 0. The summed E-state index contributed by atoms with van der Waals surface area (Å²) in [6.07, 6.45) is 3.44. The highest BCUT2D eigenvalue weighted by molar-refractivity contribution is 5.94. The summed E-state index contributed by atoms with van der Waals surface area (Å²) < 4.78 is 18.5. The van der Waals surface area contributed by atoms with Gasteiger partial charge in [0.15, 0.2) is 0 Å². The maximum atomic E-state index is 13.0. The lowest BCUT2D eigenvalue weighted by Gasteiger charge is -2.24. The van der Waals surface area contributed by atoms with E-state index in [0.717, 1.165) is 19.4 Å². The van der Waals surface area contributed by atoms with Crippen LogP contribution in [0.3, 0.4) is 0 Å². The van der Waals surface area contributed by atoms with Crippen LogP contribution in [0, 0.1) is 5.95 Å². The standard InChI is InChI=1S/C13H17FN2O2/c1-2-16(9-11-4-3-7-18-11)13(17)10-5-6-15-12(14)8-10/h5-6,8,11H,2-4,7,9H2,1H3. The van der Waals surface area contributed by atoms with Gasteiger partial charge in [0, 0.05) is 37.5 Å². The highest BCUT2D eigenvalue weighted by atomic mass is 19.1. The molecular formula is C13H17FN2O2. The summed E-state index contributed by atoms with van der Waals surface area (Å²) in [6, 6.07) is 2.70. The average molecular weight is 252 g/mol. The SMILES string of the molecule is CCN(CC1CCCO1)C(=O)c1ccnc(F)c1. The van der Waals surface area contributed by atoms with E-state index in [1.165, 1.54) is 18.3 Å². The zero-order valence-corrected chi connectivity index (χ0v) is 10.4. The molecule has 0 aliphatic carbocycles. The number of pyridine rings is 1. The number of ether oxygens (including phenoxy) is 1. The zero-order valence-electron chi connectivity index (χ0n) is 10.4. The van der Waals surface area contributed by atoms with E-state index in [4.69, 9.17) is 4.74 Å². The Bertz CT molecular complexity index is 419. The second-order valence-electron chi connectivity index (χ2n) is 4.35. The van der Waals surface area contributed by atoms with Crippen LogP contribution in [0.25, 0.3) is 0 Å². The van der Waals surface area contributed by atoms with Crippen molar-refractivity contribution in [2.75, 3.05) is 19.7 Å². The molecule has 1 aliphatic heterocycles. The maximum absolute atomic E-state index is 13.0. The van der Waals surface area contributed by atoms with Gasteiger partial charge < -0.3 is 9.64 Å². The molecule has 2 rings (SSSR count). The molecule has 2 heterocycles. The van der Waals surface area contributed by atoms with Gasteiger partial charge in [-0.25, -0.2) is 4.98 Å². The topological polar surface area (TPSA) is 42.4 Å². The number of carbonyl (C=O) groups is 1. The first kappa shape index (κ1) is 13.0. The van der Waals surface area contributed by atoms with Gasteiger partial charge >= 0.3 is 0 Å². The summed E-state index contributed by atoms with van der Waals surface area (Å²) in [5.74, 6) is -0.802. The minimum absolute atomic E-state index is 0.112. The average Bonchev–Trinajstić information content (AvgIpc) is 2.88. The quantitative estimate of drug-likeness (QED) is 0.768. The fourth-order valence-electron chi connectivity index (χ4n) is 2.11. The molecule has 0 spiro atoms. The molecule has 1 amide bonds. The Kier molecular flexibility index (Phi) is 4.25. The van der Waals surface area contributed by atoms with Crippen molar-refractivity contribution < 1.29 is 13.9 Å². The van der Waals surface area contributed by atoms with Crippen LogP contribution in [0.15, 0.2) is 18.3 Å². The van der Waals surface area contributed by atoms with Gasteiger partial charge in [0.2, 0.25) is 5.95 Å². The number of nitrogens with zero attached hydrogens (tertiary/aromatic N) is 2. The van der Waals surface area contributed by atoms with Crippen LogP contribution in [-0.4, -0.2) is 41.6 Å². The molecule has 1 saturated heterocycles. The highest BCUT2D eigenvalue weighted by Gasteiger charge is 2.22. The molecule has 98 valence electrons. The lowest BCUT2D eigenvalue weighted by Crippen LogP contribution is -2.37. The van der Waals surface area contributed by atoms with E-state index < -0.39 is 5.95 Å². The normalized spacial score (nSPS) is 18.9. The molecule has 0 saturated carbocycles. The van der Waals surface area contributed by atoms with E-state index >= 15 is 0 Å². The number of amides is 1. The monoisotopic (exact) mass is 252 g/mol. The number of carbonyl (C=O) groups excluding carboxylic acids is 1. The second-order valence-corrected chi connectivity index (χ2v) is 4.35. The van der Waals surface area contributed by atoms with Crippen molar-refractivity contribution in [2.24, 2.45) is 0 Å². The Morgan fingerprint density at radius 1 is 1.67 bits per heavy atom. The molecule has 0 radical (unpaired) electrons. The molecule has 0 N–H and O–H groups in total. The van der Waals surface area contributed by atoms with Crippen molar-refractivity contribution >= 4 is 5.91 Å². The third-order valence-corrected chi connectivity index (χ3v) is 3.09. The summed E-state index contributed by atoms with van der Waals surface area (Å²) in [5, 5.41) is 0. The minimum Gasteiger partial charge on any atom is -0.376 e. The first-order valence-corrected chi connectivity index (χ1v) is 6.23. The van der Waals surface area contributed by atoms with Gasteiger partial charge in [-0.1, -0.05) is 0 Å². The molecule has 5 heteroatoms. The third-order valence-electron chi connectivity index (χ3n) is 3.09. The molecule has 0 aromatic carbocycles. The van der Waals surface area contributed by atoms with Crippen molar-refractivity contribution in [3.05, 3.63) is 29.8 Å². The number of hydrogen-bond donors (Lipinski definition) is 0. The molecule has 1 fully saturated rings. The molecule has 18 heavy (non-hydrogen) atoms. The van der Waals surface area contributed by atoms with Crippen molar-refractivity contribution in [1.82, 2.24) is 9.88 Å². The van der Waals surface area contributed by atoms with E-state index in [-0.39, 0.29) is 12.0 Å². The summed E-state index contributed by atoms with van der Waals surface area (Å²) in [6.45, 7) is 3.83. The highest BCUT2D eigenvalue weighted by Crippen LogP contribution is 2.15. The van der Waals surface area contributed by atoms with E-state index in [1.54, 1.807) is 4.90 Å². The summed E-state index contributed by atoms with van der Waals surface area (Å²) in [4.78, 5) is 17.3. The van der Waals surface area contributed by atoms with Gasteiger partial charge in [-0.3, -0.25) is 4.79 Å². The first-order chi connectivity index (χ1) is 8.70.